The Balaban J connectivity index is 2.25. The summed E-state index contributed by atoms with van der Waals surface area (Å²) in [5.74, 6) is -0.0968. The van der Waals surface area contributed by atoms with Crippen LogP contribution in [0.15, 0.2) is 45.8 Å². The molecule has 0 saturated carbocycles. The highest BCUT2D eigenvalue weighted by Crippen LogP contribution is 2.24. The molecule has 2 N–H and O–H groups in total. The predicted octanol–water partition coefficient (Wildman–Crippen LogP) is 4.13. The van der Waals surface area contributed by atoms with Gasteiger partial charge >= 0.3 is 0 Å². The number of rotatable bonds is 3. The monoisotopic (exact) mass is 361 g/mol. The van der Waals surface area contributed by atoms with Gasteiger partial charge in [-0.15, -0.1) is 0 Å². The largest absolute Gasteiger partial charge is 0.398 e. The van der Waals surface area contributed by atoms with Gasteiger partial charge in [-0.25, -0.2) is 4.39 Å². The van der Waals surface area contributed by atoms with Gasteiger partial charge in [-0.3, -0.25) is 4.21 Å². The van der Waals surface area contributed by atoms with Crippen LogP contribution in [0, 0.1) is 5.82 Å². The van der Waals surface area contributed by atoms with Crippen molar-refractivity contribution in [2.75, 3.05) is 5.73 Å². The van der Waals surface area contributed by atoms with Crippen molar-refractivity contribution in [3.8, 4) is 0 Å². The minimum absolute atomic E-state index is 0.253. The summed E-state index contributed by atoms with van der Waals surface area (Å²) in [5.41, 5.74) is 6.97. The Hall–Kier alpha value is -0.910. The molecule has 2 aromatic rings. The third-order valence-corrected chi connectivity index (χ3v) is 4.79. The predicted molar refractivity (Wildman–Crippen MR) is 80.1 cm³/mol. The van der Waals surface area contributed by atoms with E-state index in [-0.39, 0.29) is 11.6 Å². The molecule has 6 heteroatoms. The average Bonchev–Trinajstić information content (AvgIpc) is 2.36. The van der Waals surface area contributed by atoms with Crippen molar-refractivity contribution in [2.24, 2.45) is 0 Å². The fraction of sp³-hybridized carbons (Fsp3) is 0.0769. The van der Waals surface area contributed by atoms with Gasteiger partial charge in [-0.05, 0) is 51.8 Å². The zero-order valence-corrected chi connectivity index (χ0v) is 12.9. The molecule has 19 heavy (non-hydrogen) atoms. The number of hydrogen-bond donors (Lipinski definition) is 1. The molecule has 0 heterocycles. The molecule has 0 aliphatic carbocycles. The summed E-state index contributed by atoms with van der Waals surface area (Å²) in [6, 6.07) is 9.39. The van der Waals surface area contributed by atoms with E-state index in [4.69, 9.17) is 17.3 Å². The molecule has 1 atom stereocenters. The van der Waals surface area contributed by atoms with Gasteiger partial charge in [0, 0.05) is 10.7 Å². The fourth-order valence-corrected chi connectivity index (χ4v) is 3.45. The second kappa shape index (κ2) is 6.03. The van der Waals surface area contributed by atoms with Gasteiger partial charge in [0.05, 0.1) is 25.9 Å². The van der Waals surface area contributed by atoms with Crippen molar-refractivity contribution in [1.82, 2.24) is 0 Å². The smallest absolute Gasteiger partial charge is 0.137 e. The number of hydrogen-bond acceptors (Lipinski definition) is 2. The first-order valence-corrected chi connectivity index (χ1v) is 7.83. The maximum Gasteiger partial charge on any atom is 0.137 e. The van der Waals surface area contributed by atoms with E-state index in [1.165, 1.54) is 6.07 Å². The molecule has 0 radical (unpaired) electrons. The zero-order valence-electron chi connectivity index (χ0n) is 9.70. The maximum atomic E-state index is 13.1. The lowest BCUT2D eigenvalue weighted by Crippen LogP contribution is -2.01. The second-order valence-electron chi connectivity index (χ2n) is 3.92. The van der Waals surface area contributed by atoms with Crippen molar-refractivity contribution in [3.63, 3.8) is 0 Å². The standard InChI is InChI=1S/C13H10BrClFNOS/c14-10-5-8(1-3-11(10)16)7-19(18)13-6-9(15)2-4-12(13)17/h1-6H,7,17H2. The molecular formula is C13H10BrClFNOS. The van der Waals surface area contributed by atoms with Gasteiger partial charge in [-0.1, -0.05) is 17.7 Å². The summed E-state index contributed by atoms with van der Waals surface area (Å²) < 4.78 is 25.7. The summed E-state index contributed by atoms with van der Waals surface area (Å²) in [7, 11) is -1.32. The van der Waals surface area contributed by atoms with E-state index in [1.54, 1.807) is 30.3 Å². The maximum absolute atomic E-state index is 13.1. The number of nitrogen functional groups attached to an aromatic ring is 1. The quantitative estimate of drug-likeness (QED) is 0.834. The Kier molecular flexibility index (Phi) is 4.60. The van der Waals surface area contributed by atoms with Crippen LogP contribution in [0.3, 0.4) is 0 Å². The number of nitrogens with two attached hydrogens (primary N) is 1. The van der Waals surface area contributed by atoms with Crippen LogP contribution in [-0.4, -0.2) is 4.21 Å². The highest BCUT2D eigenvalue weighted by atomic mass is 79.9. The molecule has 1 unspecified atom stereocenters. The Labute approximate surface area is 126 Å². The highest BCUT2D eigenvalue weighted by Gasteiger charge is 2.11. The van der Waals surface area contributed by atoms with E-state index in [2.05, 4.69) is 15.9 Å². The van der Waals surface area contributed by atoms with Crippen molar-refractivity contribution in [2.45, 2.75) is 10.6 Å². The van der Waals surface area contributed by atoms with Gasteiger partial charge in [0.15, 0.2) is 0 Å². The zero-order chi connectivity index (χ0) is 14.0. The van der Waals surface area contributed by atoms with Crippen LogP contribution >= 0.6 is 27.5 Å². The summed E-state index contributed by atoms with van der Waals surface area (Å²) in [6.07, 6.45) is 0. The third-order valence-electron chi connectivity index (χ3n) is 2.50. The van der Waals surface area contributed by atoms with Gasteiger partial charge in [-0.2, -0.15) is 0 Å². The molecule has 0 spiro atoms. The first-order valence-electron chi connectivity index (χ1n) is 5.34. The Morgan fingerprint density at radius 2 is 2.00 bits per heavy atom. The van der Waals surface area contributed by atoms with Crippen LogP contribution in [-0.2, 0) is 16.6 Å². The summed E-state index contributed by atoms with van der Waals surface area (Å²) in [5, 5.41) is 0.484. The molecule has 2 rings (SSSR count). The van der Waals surface area contributed by atoms with Crippen LogP contribution in [0.4, 0.5) is 10.1 Å². The number of benzene rings is 2. The van der Waals surface area contributed by atoms with E-state index >= 15 is 0 Å². The molecule has 2 nitrogen and oxygen atoms in total. The van der Waals surface area contributed by atoms with Crippen LogP contribution in [0.1, 0.15) is 5.56 Å². The summed E-state index contributed by atoms with van der Waals surface area (Å²) in [6.45, 7) is 0. The molecule has 0 aromatic heterocycles. The third kappa shape index (κ3) is 3.55. The topological polar surface area (TPSA) is 43.1 Å². The van der Waals surface area contributed by atoms with Crippen LogP contribution in [0.5, 0.6) is 0 Å². The molecule has 0 aliphatic rings. The number of anilines is 1. The lowest BCUT2D eigenvalue weighted by molar-refractivity contribution is 0.620. The molecule has 2 aromatic carbocycles. The lowest BCUT2D eigenvalue weighted by atomic mass is 10.2. The van der Waals surface area contributed by atoms with Crippen molar-refractivity contribution in [1.29, 1.82) is 0 Å². The molecule has 0 amide bonds. The van der Waals surface area contributed by atoms with Crippen molar-refractivity contribution >= 4 is 44.0 Å². The van der Waals surface area contributed by atoms with Crippen LogP contribution in [0.25, 0.3) is 0 Å². The SMILES string of the molecule is Nc1ccc(Cl)cc1S(=O)Cc1ccc(F)c(Br)c1. The van der Waals surface area contributed by atoms with Gasteiger partial charge in [0.25, 0.3) is 0 Å². The molecule has 0 fully saturated rings. The highest BCUT2D eigenvalue weighted by molar-refractivity contribution is 9.10. The minimum Gasteiger partial charge on any atom is -0.398 e. The molecule has 100 valence electrons. The normalized spacial score (nSPS) is 12.4. The minimum atomic E-state index is -1.32. The van der Waals surface area contributed by atoms with Crippen LogP contribution < -0.4 is 5.73 Å². The van der Waals surface area contributed by atoms with Crippen molar-refractivity contribution in [3.05, 3.63) is 57.3 Å². The second-order valence-corrected chi connectivity index (χ2v) is 6.63. The van der Waals surface area contributed by atoms with E-state index in [1.807, 2.05) is 0 Å². The van der Waals surface area contributed by atoms with Gasteiger partial charge in [0.2, 0.25) is 0 Å². The summed E-state index contributed by atoms with van der Waals surface area (Å²) >= 11 is 8.96. The Bertz CT molecular complexity index is 651. The van der Waals surface area contributed by atoms with Gasteiger partial charge < -0.3 is 5.73 Å². The lowest BCUT2D eigenvalue weighted by Gasteiger charge is -2.07. The van der Waals surface area contributed by atoms with Crippen molar-refractivity contribution < 1.29 is 8.60 Å². The Morgan fingerprint density at radius 3 is 2.68 bits per heavy atom. The fourth-order valence-electron chi connectivity index (χ4n) is 1.56. The average molecular weight is 363 g/mol. The Morgan fingerprint density at radius 1 is 1.26 bits per heavy atom. The first kappa shape index (κ1) is 14.5. The van der Waals surface area contributed by atoms with E-state index in [0.29, 0.717) is 20.1 Å². The van der Waals surface area contributed by atoms with E-state index < -0.39 is 10.8 Å². The molecule has 0 saturated heterocycles. The number of halogens is 3. The molecular weight excluding hydrogens is 353 g/mol. The first-order chi connectivity index (χ1) is 8.97. The molecule has 0 bridgehead atoms. The van der Waals surface area contributed by atoms with E-state index in [0.717, 1.165) is 5.56 Å². The molecule has 0 aliphatic heterocycles. The van der Waals surface area contributed by atoms with Gasteiger partial charge in [0.1, 0.15) is 5.82 Å². The van der Waals surface area contributed by atoms with E-state index in [9.17, 15) is 8.60 Å². The summed E-state index contributed by atoms with van der Waals surface area (Å²) in [4.78, 5) is 0.493. The van der Waals surface area contributed by atoms with Crippen LogP contribution in [0.2, 0.25) is 5.02 Å².